The number of nitriles is 2. The Morgan fingerprint density at radius 2 is 2.10 bits per heavy atom. The number of rotatable bonds is 3. The molecule has 1 aromatic carbocycles. The zero-order valence-corrected chi connectivity index (χ0v) is 12.6. The summed E-state index contributed by atoms with van der Waals surface area (Å²) >= 11 is 3.45. The summed E-state index contributed by atoms with van der Waals surface area (Å²) < 4.78 is 2.60. The minimum Gasteiger partial charge on any atom is -0.313 e. The second kappa shape index (κ2) is 5.87. The third-order valence-corrected chi connectivity index (χ3v) is 3.62. The molecule has 0 aliphatic heterocycles. The van der Waals surface area contributed by atoms with E-state index in [0.29, 0.717) is 0 Å². The monoisotopic (exact) mass is 329 g/mol. The zero-order chi connectivity index (χ0) is 14.7. The van der Waals surface area contributed by atoms with E-state index in [9.17, 15) is 5.26 Å². The molecule has 0 fully saturated rings. The van der Waals surface area contributed by atoms with E-state index in [2.05, 4.69) is 26.2 Å². The van der Waals surface area contributed by atoms with Gasteiger partial charge in [-0.1, -0.05) is 15.9 Å². The second-order valence-electron chi connectivity index (χ2n) is 4.25. The molecule has 0 amide bonds. The first-order valence-electron chi connectivity index (χ1n) is 5.97. The summed E-state index contributed by atoms with van der Waals surface area (Å²) in [7, 11) is 1.87. The maximum absolute atomic E-state index is 9.24. The molecule has 20 heavy (non-hydrogen) atoms. The lowest BCUT2D eigenvalue weighted by atomic mass is 10.1. The Kier molecular flexibility index (Phi) is 4.19. The Labute approximate surface area is 125 Å². The minimum absolute atomic E-state index is 0.0991. The van der Waals surface area contributed by atoms with Crippen LogP contribution in [0.25, 0.3) is 5.69 Å². The van der Waals surface area contributed by atoms with Crippen LogP contribution < -0.4 is 5.32 Å². The third-order valence-electron chi connectivity index (χ3n) is 3.13. The maximum atomic E-state index is 9.24. The molecular weight excluding hydrogens is 318 g/mol. The van der Waals surface area contributed by atoms with E-state index in [1.807, 2.05) is 44.3 Å². The van der Waals surface area contributed by atoms with Crippen LogP contribution in [0.2, 0.25) is 0 Å². The average molecular weight is 330 g/mol. The highest BCUT2D eigenvalue weighted by Gasteiger charge is 2.16. The molecule has 0 spiro atoms. The lowest BCUT2D eigenvalue weighted by Gasteiger charge is -2.17. The molecule has 0 aliphatic carbocycles. The molecule has 1 atom stereocenters. The Balaban J connectivity index is 2.68. The summed E-state index contributed by atoms with van der Waals surface area (Å²) in [5, 5.41) is 21.4. The highest BCUT2D eigenvalue weighted by molar-refractivity contribution is 9.10. The van der Waals surface area contributed by atoms with E-state index < -0.39 is 0 Å². The first-order chi connectivity index (χ1) is 9.62. The number of imidazole rings is 1. The number of hydrogen-bond acceptors (Lipinski definition) is 4. The third kappa shape index (κ3) is 2.44. The number of nitrogens with zero attached hydrogens (tertiary/aromatic N) is 4. The highest BCUT2D eigenvalue weighted by Crippen LogP contribution is 2.27. The van der Waals surface area contributed by atoms with Crippen molar-refractivity contribution >= 4 is 15.9 Å². The van der Waals surface area contributed by atoms with Gasteiger partial charge in [-0.2, -0.15) is 10.5 Å². The van der Waals surface area contributed by atoms with Gasteiger partial charge in [-0.15, -0.1) is 0 Å². The van der Waals surface area contributed by atoms with Gasteiger partial charge in [0.1, 0.15) is 18.5 Å². The molecule has 5 nitrogen and oxygen atoms in total. The van der Waals surface area contributed by atoms with Gasteiger partial charge in [-0.05, 0) is 37.7 Å². The lowest BCUT2D eigenvalue weighted by molar-refractivity contribution is 0.647. The van der Waals surface area contributed by atoms with Gasteiger partial charge in [-0.25, -0.2) is 4.98 Å². The predicted octanol–water partition coefficient (Wildman–Crippen LogP) is 2.66. The molecule has 0 bridgehead atoms. The summed E-state index contributed by atoms with van der Waals surface area (Å²) in [5.41, 5.74) is 2.23. The van der Waals surface area contributed by atoms with E-state index in [4.69, 9.17) is 5.26 Å². The summed E-state index contributed by atoms with van der Waals surface area (Å²) in [6, 6.07) is 9.86. The van der Waals surface area contributed by atoms with E-state index in [0.717, 1.165) is 15.7 Å². The number of benzene rings is 1. The molecule has 2 aromatic rings. The highest BCUT2D eigenvalue weighted by atomic mass is 79.9. The van der Waals surface area contributed by atoms with E-state index in [-0.39, 0.29) is 17.4 Å². The van der Waals surface area contributed by atoms with Crippen LogP contribution in [0.5, 0.6) is 0 Å². The molecule has 1 heterocycles. The minimum atomic E-state index is 0.0991. The first-order valence-corrected chi connectivity index (χ1v) is 6.76. The Hall–Kier alpha value is -2.15. The number of nitrogens with one attached hydrogen (secondary N) is 1. The summed E-state index contributed by atoms with van der Waals surface area (Å²) in [4.78, 5) is 3.98. The van der Waals surface area contributed by atoms with Crippen LogP contribution in [-0.4, -0.2) is 16.6 Å². The van der Waals surface area contributed by atoms with Crippen molar-refractivity contribution in [2.45, 2.75) is 13.0 Å². The van der Waals surface area contributed by atoms with Gasteiger partial charge in [0, 0.05) is 10.5 Å². The van der Waals surface area contributed by atoms with Crippen LogP contribution in [-0.2, 0) is 0 Å². The topological polar surface area (TPSA) is 77.4 Å². The van der Waals surface area contributed by atoms with Crippen LogP contribution in [0.15, 0.2) is 29.0 Å². The van der Waals surface area contributed by atoms with Crippen LogP contribution >= 0.6 is 15.9 Å². The Morgan fingerprint density at radius 3 is 2.70 bits per heavy atom. The number of hydrogen-bond donors (Lipinski definition) is 1. The van der Waals surface area contributed by atoms with E-state index >= 15 is 0 Å². The molecule has 2 rings (SSSR count). The number of halogens is 1. The largest absolute Gasteiger partial charge is 0.313 e. The number of aromatic nitrogens is 2. The molecule has 0 radical (unpaired) electrons. The van der Waals surface area contributed by atoms with Gasteiger partial charge in [0.15, 0.2) is 11.4 Å². The van der Waals surface area contributed by atoms with Gasteiger partial charge >= 0.3 is 0 Å². The summed E-state index contributed by atoms with van der Waals surface area (Å²) in [5.74, 6) is 0. The molecule has 6 heteroatoms. The molecule has 0 aliphatic rings. The van der Waals surface area contributed by atoms with Crippen molar-refractivity contribution in [3.8, 4) is 17.8 Å². The smallest absolute Gasteiger partial charge is 0.177 e. The second-order valence-corrected chi connectivity index (χ2v) is 5.16. The van der Waals surface area contributed by atoms with Crippen molar-refractivity contribution in [2.24, 2.45) is 0 Å². The zero-order valence-electron chi connectivity index (χ0n) is 11.1. The molecule has 0 saturated heterocycles. The van der Waals surface area contributed by atoms with Crippen LogP contribution in [0.3, 0.4) is 0 Å². The van der Waals surface area contributed by atoms with Crippen LogP contribution in [0, 0.1) is 22.7 Å². The van der Waals surface area contributed by atoms with Crippen molar-refractivity contribution in [1.82, 2.24) is 14.9 Å². The van der Waals surface area contributed by atoms with Gasteiger partial charge in [0.25, 0.3) is 0 Å². The van der Waals surface area contributed by atoms with Crippen molar-refractivity contribution in [2.75, 3.05) is 7.05 Å². The van der Waals surface area contributed by atoms with E-state index in [1.54, 1.807) is 4.57 Å². The van der Waals surface area contributed by atoms with Crippen molar-refractivity contribution in [1.29, 1.82) is 10.5 Å². The Bertz CT molecular complexity index is 720. The van der Waals surface area contributed by atoms with Gasteiger partial charge in [0.05, 0.1) is 5.69 Å². The summed E-state index contributed by atoms with van der Waals surface area (Å²) in [6.45, 7) is 2.03. The molecule has 1 N–H and O–H groups in total. The molecule has 1 unspecified atom stereocenters. The molecule has 0 saturated carbocycles. The van der Waals surface area contributed by atoms with Crippen molar-refractivity contribution < 1.29 is 0 Å². The average Bonchev–Trinajstić information content (AvgIpc) is 2.88. The fourth-order valence-corrected chi connectivity index (χ4v) is 2.35. The van der Waals surface area contributed by atoms with Crippen LogP contribution in [0.1, 0.15) is 29.9 Å². The lowest BCUT2D eigenvalue weighted by Crippen LogP contribution is -2.15. The van der Waals surface area contributed by atoms with Crippen molar-refractivity contribution in [3.05, 3.63) is 46.0 Å². The summed E-state index contributed by atoms with van der Waals surface area (Å²) in [6.07, 6.45) is 1.51. The quantitative estimate of drug-likeness (QED) is 0.938. The van der Waals surface area contributed by atoms with Crippen molar-refractivity contribution in [3.63, 3.8) is 0 Å². The normalized spacial score (nSPS) is 11.7. The fourth-order valence-electron chi connectivity index (χ4n) is 1.97. The molecule has 1 aromatic heterocycles. The first kappa shape index (κ1) is 14.3. The van der Waals surface area contributed by atoms with Gasteiger partial charge in [0.2, 0.25) is 0 Å². The van der Waals surface area contributed by atoms with E-state index in [1.165, 1.54) is 6.33 Å². The molecule has 100 valence electrons. The SMILES string of the molecule is CNC(C)c1cc(Br)ccc1-n1cnc(C#N)c1C#N. The van der Waals surface area contributed by atoms with Gasteiger partial charge < -0.3 is 5.32 Å². The standard InChI is InChI=1S/C14H12BrN5/c1-9(18-2)11-5-10(15)3-4-13(11)20-8-19-12(6-16)14(20)7-17/h3-5,8-9,18H,1-2H3. The predicted molar refractivity (Wildman–Crippen MR) is 78.2 cm³/mol. The molecular formula is C14H12BrN5. The Morgan fingerprint density at radius 1 is 1.35 bits per heavy atom. The van der Waals surface area contributed by atoms with Gasteiger partial charge in [-0.3, -0.25) is 4.57 Å². The maximum Gasteiger partial charge on any atom is 0.177 e. The van der Waals surface area contributed by atoms with Crippen LogP contribution in [0.4, 0.5) is 0 Å². The fraction of sp³-hybridized carbons (Fsp3) is 0.214.